The summed E-state index contributed by atoms with van der Waals surface area (Å²) in [5.74, 6) is -0.100. The number of fused-ring (bicyclic) bond motifs is 1. The summed E-state index contributed by atoms with van der Waals surface area (Å²) in [6.45, 7) is 14.2. The van der Waals surface area contributed by atoms with E-state index in [4.69, 9.17) is 0 Å². The average Bonchev–Trinajstić information content (AvgIpc) is 2.82. The van der Waals surface area contributed by atoms with Gasteiger partial charge in [-0.05, 0) is 85.0 Å². The van der Waals surface area contributed by atoms with Crippen molar-refractivity contribution in [1.82, 2.24) is 0 Å². The SMILES string of the molecule is Cc1cc(N2CCCc3cc(F)ccc3C2)c(C)c(C)c1NC(=O)CC(C)(C)C. The predicted octanol–water partition coefficient (Wildman–Crippen LogP) is 6.08. The first-order valence-corrected chi connectivity index (χ1v) is 10.5. The normalized spacial score (nSPS) is 14.4. The van der Waals surface area contributed by atoms with E-state index in [0.717, 1.165) is 48.3 Å². The van der Waals surface area contributed by atoms with Gasteiger partial charge in [-0.2, -0.15) is 0 Å². The van der Waals surface area contributed by atoms with Crippen molar-refractivity contribution < 1.29 is 9.18 Å². The number of carbonyl (C=O) groups excluding carboxylic acids is 1. The third-order valence-corrected chi connectivity index (χ3v) is 5.77. The molecule has 1 aliphatic heterocycles. The van der Waals surface area contributed by atoms with Crippen LogP contribution >= 0.6 is 0 Å². The van der Waals surface area contributed by atoms with Gasteiger partial charge in [0.2, 0.25) is 5.91 Å². The molecule has 0 aliphatic carbocycles. The molecule has 3 rings (SSSR count). The van der Waals surface area contributed by atoms with Crippen LogP contribution in [0.2, 0.25) is 0 Å². The number of rotatable bonds is 3. The van der Waals surface area contributed by atoms with E-state index in [1.54, 1.807) is 12.1 Å². The van der Waals surface area contributed by atoms with E-state index in [0.29, 0.717) is 6.42 Å². The lowest BCUT2D eigenvalue weighted by Crippen LogP contribution is -2.25. The Bertz CT molecular complexity index is 927. The minimum absolute atomic E-state index is 0.0419. The monoisotopic (exact) mass is 396 g/mol. The van der Waals surface area contributed by atoms with Crippen LogP contribution in [0.5, 0.6) is 0 Å². The highest BCUT2D eigenvalue weighted by Crippen LogP contribution is 2.35. The van der Waals surface area contributed by atoms with Gasteiger partial charge >= 0.3 is 0 Å². The molecule has 0 saturated carbocycles. The fraction of sp³-hybridized carbons (Fsp3) is 0.480. The molecule has 0 unspecified atom stereocenters. The van der Waals surface area contributed by atoms with Gasteiger partial charge in [-0.15, -0.1) is 0 Å². The molecule has 0 atom stereocenters. The molecule has 1 amide bonds. The Morgan fingerprint density at radius 2 is 1.83 bits per heavy atom. The molecule has 0 spiro atoms. The molecular weight excluding hydrogens is 363 g/mol. The lowest BCUT2D eigenvalue weighted by atomic mass is 9.91. The van der Waals surface area contributed by atoms with Crippen molar-refractivity contribution in [2.45, 2.75) is 67.3 Å². The molecule has 2 aromatic rings. The van der Waals surface area contributed by atoms with Gasteiger partial charge in [0.05, 0.1) is 0 Å². The molecule has 1 aliphatic rings. The highest BCUT2D eigenvalue weighted by atomic mass is 19.1. The number of halogens is 1. The molecule has 0 fully saturated rings. The number of hydrogen-bond donors (Lipinski definition) is 1. The third kappa shape index (κ3) is 4.98. The molecule has 0 aromatic heterocycles. The zero-order valence-electron chi connectivity index (χ0n) is 18.6. The summed E-state index contributed by atoms with van der Waals surface area (Å²) in [7, 11) is 0. The number of carbonyl (C=O) groups is 1. The van der Waals surface area contributed by atoms with Crippen LogP contribution in [0.25, 0.3) is 0 Å². The first-order chi connectivity index (χ1) is 13.5. The maximum atomic E-state index is 13.6. The maximum absolute atomic E-state index is 13.6. The van der Waals surface area contributed by atoms with Crippen LogP contribution in [0, 0.1) is 32.0 Å². The number of aryl methyl sites for hydroxylation is 2. The van der Waals surface area contributed by atoms with E-state index in [1.807, 2.05) is 6.07 Å². The minimum Gasteiger partial charge on any atom is -0.367 e. The standard InChI is InChI=1S/C25H33FN2O/c1-16-12-22(17(2)18(3)24(16)27-23(29)14-25(4,5)6)28-11-7-8-19-13-21(26)10-9-20(19)15-28/h9-10,12-13H,7-8,11,14-15H2,1-6H3,(H,27,29). The highest BCUT2D eigenvalue weighted by Gasteiger charge is 2.21. The Morgan fingerprint density at radius 3 is 2.52 bits per heavy atom. The Labute approximate surface area is 174 Å². The molecule has 1 heterocycles. The Balaban J connectivity index is 1.89. The summed E-state index contributed by atoms with van der Waals surface area (Å²) in [5.41, 5.74) is 7.78. The highest BCUT2D eigenvalue weighted by molar-refractivity contribution is 5.93. The second-order valence-corrected chi connectivity index (χ2v) is 9.56. The zero-order valence-corrected chi connectivity index (χ0v) is 18.6. The summed E-state index contributed by atoms with van der Waals surface area (Å²) in [4.78, 5) is 14.9. The molecule has 4 heteroatoms. The first kappa shape index (κ1) is 21.4. The molecule has 0 saturated heterocycles. The number of benzene rings is 2. The summed E-state index contributed by atoms with van der Waals surface area (Å²) in [6.07, 6.45) is 2.39. The topological polar surface area (TPSA) is 32.3 Å². The molecular formula is C25H33FN2O. The number of anilines is 2. The number of hydrogen-bond acceptors (Lipinski definition) is 2. The number of nitrogens with one attached hydrogen (secondary N) is 1. The number of amides is 1. The minimum atomic E-state index is -0.157. The second-order valence-electron chi connectivity index (χ2n) is 9.56. The Kier molecular flexibility index (Phi) is 6.02. The molecule has 156 valence electrons. The third-order valence-electron chi connectivity index (χ3n) is 5.77. The maximum Gasteiger partial charge on any atom is 0.224 e. The fourth-order valence-electron chi connectivity index (χ4n) is 4.18. The van der Waals surface area contributed by atoms with Crippen molar-refractivity contribution in [3.8, 4) is 0 Å². The van der Waals surface area contributed by atoms with E-state index < -0.39 is 0 Å². The Morgan fingerprint density at radius 1 is 1.10 bits per heavy atom. The van der Waals surface area contributed by atoms with Gasteiger partial charge in [0, 0.05) is 30.9 Å². The molecule has 1 N–H and O–H groups in total. The molecule has 2 aromatic carbocycles. The average molecular weight is 397 g/mol. The van der Waals surface area contributed by atoms with Crippen molar-refractivity contribution >= 4 is 17.3 Å². The largest absolute Gasteiger partial charge is 0.367 e. The van der Waals surface area contributed by atoms with Gasteiger partial charge in [-0.1, -0.05) is 26.8 Å². The summed E-state index contributed by atoms with van der Waals surface area (Å²) < 4.78 is 13.6. The summed E-state index contributed by atoms with van der Waals surface area (Å²) in [6, 6.07) is 7.33. The lowest BCUT2D eigenvalue weighted by Gasteiger charge is -2.28. The van der Waals surface area contributed by atoms with Crippen LogP contribution in [-0.2, 0) is 17.8 Å². The van der Waals surface area contributed by atoms with Crippen LogP contribution in [0.1, 0.15) is 61.4 Å². The summed E-state index contributed by atoms with van der Waals surface area (Å²) in [5, 5.41) is 3.14. The van der Waals surface area contributed by atoms with E-state index in [1.165, 1.54) is 16.8 Å². The van der Waals surface area contributed by atoms with Gasteiger partial charge in [-0.3, -0.25) is 4.79 Å². The molecule has 29 heavy (non-hydrogen) atoms. The van der Waals surface area contributed by atoms with Gasteiger partial charge in [0.25, 0.3) is 0 Å². The van der Waals surface area contributed by atoms with Gasteiger partial charge in [0.15, 0.2) is 0 Å². The van der Waals surface area contributed by atoms with Crippen LogP contribution in [0.3, 0.4) is 0 Å². The van der Waals surface area contributed by atoms with Gasteiger partial charge < -0.3 is 10.2 Å². The van der Waals surface area contributed by atoms with Crippen LogP contribution in [0.4, 0.5) is 15.8 Å². The second kappa shape index (κ2) is 8.17. The van der Waals surface area contributed by atoms with Crippen LogP contribution in [0.15, 0.2) is 24.3 Å². The first-order valence-electron chi connectivity index (χ1n) is 10.5. The van der Waals surface area contributed by atoms with Crippen molar-refractivity contribution in [2.75, 3.05) is 16.8 Å². The van der Waals surface area contributed by atoms with Crippen molar-refractivity contribution in [1.29, 1.82) is 0 Å². The Hall–Kier alpha value is -2.36. The molecule has 0 radical (unpaired) electrons. The van der Waals surface area contributed by atoms with Gasteiger partial charge in [-0.25, -0.2) is 4.39 Å². The zero-order chi connectivity index (χ0) is 21.3. The van der Waals surface area contributed by atoms with E-state index >= 15 is 0 Å². The predicted molar refractivity (Wildman–Crippen MR) is 119 cm³/mol. The molecule has 0 bridgehead atoms. The number of nitrogens with zero attached hydrogens (tertiary/aromatic N) is 1. The smallest absolute Gasteiger partial charge is 0.224 e. The van der Waals surface area contributed by atoms with E-state index in [9.17, 15) is 9.18 Å². The van der Waals surface area contributed by atoms with Crippen molar-refractivity contribution in [3.05, 3.63) is 57.9 Å². The van der Waals surface area contributed by atoms with E-state index in [2.05, 4.69) is 57.8 Å². The fourth-order valence-corrected chi connectivity index (χ4v) is 4.18. The summed E-state index contributed by atoms with van der Waals surface area (Å²) >= 11 is 0. The van der Waals surface area contributed by atoms with Crippen molar-refractivity contribution in [3.63, 3.8) is 0 Å². The van der Waals surface area contributed by atoms with E-state index in [-0.39, 0.29) is 17.1 Å². The van der Waals surface area contributed by atoms with Crippen molar-refractivity contribution in [2.24, 2.45) is 5.41 Å². The van der Waals surface area contributed by atoms with Crippen LogP contribution < -0.4 is 10.2 Å². The molecule has 3 nitrogen and oxygen atoms in total. The van der Waals surface area contributed by atoms with Crippen LogP contribution in [-0.4, -0.2) is 12.5 Å². The van der Waals surface area contributed by atoms with Gasteiger partial charge in [0.1, 0.15) is 5.82 Å². The lowest BCUT2D eigenvalue weighted by molar-refractivity contribution is -0.117. The quantitative estimate of drug-likeness (QED) is 0.682.